The molecule has 2 heterocycles. The number of nitrogens with one attached hydrogen (secondary N) is 1. The first-order chi connectivity index (χ1) is 10.2. The van der Waals surface area contributed by atoms with E-state index in [2.05, 4.69) is 5.32 Å². The summed E-state index contributed by atoms with van der Waals surface area (Å²) in [6.07, 6.45) is 2.36. The van der Waals surface area contributed by atoms with Gasteiger partial charge in [0.15, 0.2) is 0 Å². The summed E-state index contributed by atoms with van der Waals surface area (Å²) in [5.41, 5.74) is 0. The number of likely N-dealkylation sites (N-methyl/N-ethyl adjacent to an activating group) is 1. The minimum atomic E-state index is -0.0744. The van der Waals surface area contributed by atoms with Crippen molar-refractivity contribution in [2.24, 2.45) is 0 Å². The van der Waals surface area contributed by atoms with Crippen LogP contribution in [-0.4, -0.2) is 87.3 Å². The second-order valence-electron chi connectivity index (χ2n) is 5.51. The predicted octanol–water partition coefficient (Wildman–Crippen LogP) is -0.928. The second kappa shape index (κ2) is 8.31. The average Bonchev–Trinajstić information content (AvgIpc) is 3.01. The first-order valence-electron chi connectivity index (χ1n) is 7.58. The number of nitrogens with zero attached hydrogens (tertiary/aromatic N) is 2. The van der Waals surface area contributed by atoms with E-state index >= 15 is 0 Å². The molecule has 0 aromatic rings. The van der Waals surface area contributed by atoms with E-state index < -0.39 is 0 Å². The number of rotatable bonds is 6. The highest BCUT2D eigenvalue weighted by molar-refractivity contribution is 5.85. The molecule has 0 aliphatic carbocycles. The van der Waals surface area contributed by atoms with Gasteiger partial charge in [0.05, 0.1) is 32.4 Å². The van der Waals surface area contributed by atoms with Crippen molar-refractivity contribution >= 4 is 11.8 Å². The molecule has 1 N–H and O–H groups in total. The highest BCUT2D eigenvalue weighted by Gasteiger charge is 2.21. The molecule has 2 saturated heterocycles. The number of morpholine rings is 1. The zero-order chi connectivity index (χ0) is 15.1. The molecule has 0 spiro atoms. The molecule has 2 aliphatic rings. The molecule has 2 rings (SSSR count). The molecule has 120 valence electrons. The van der Waals surface area contributed by atoms with E-state index in [0.29, 0.717) is 32.8 Å². The molecule has 0 radical (unpaired) electrons. The largest absolute Gasteiger partial charge is 0.378 e. The van der Waals surface area contributed by atoms with Gasteiger partial charge < -0.3 is 24.6 Å². The number of hydrogen-bond donors (Lipinski definition) is 1. The van der Waals surface area contributed by atoms with Gasteiger partial charge in [-0.3, -0.25) is 9.59 Å². The Labute approximate surface area is 125 Å². The lowest BCUT2D eigenvalue weighted by Gasteiger charge is -2.28. The van der Waals surface area contributed by atoms with Crippen LogP contribution in [0.5, 0.6) is 0 Å². The summed E-state index contributed by atoms with van der Waals surface area (Å²) in [5.74, 6) is -0.0946. The molecule has 0 bridgehead atoms. The van der Waals surface area contributed by atoms with Crippen LogP contribution in [0.1, 0.15) is 12.8 Å². The standard InChI is InChI=1S/C14H25N3O4/c1-16(11-14(19)17-4-7-20-8-5-17)13(18)10-15-9-12-3-2-6-21-12/h12,15H,2-11H2,1H3. The van der Waals surface area contributed by atoms with Crippen molar-refractivity contribution < 1.29 is 19.1 Å². The summed E-state index contributed by atoms with van der Waals surface area (Å²) in [7, 11) is 1.66. The second-order valence-corrected chi connectivity index (χ2v) is 5.51. The molecule has 7 heteroatoms. The van der Waals surface area contributed by atoms with Crippen molar-refractivity contribution in [2.75, 3.05) is 59.6 Å². The van der Waals surface area contributed by atoms with Gasteiger partial charge in [-0.15, -0.1) is 0 Å². The van der Waals surface area contributed by atoms with Crippen LogP contribution in [0.4, 0.5) is 0 Å². The van der Waals surface area contributed by atoms with Crippen molar-refractivity contribution in [3.63, 3.8) is 0 Å². The van der Waals surface area contributed by atoms with Gasteiger partial charge in [-0.2, -0.15) is 0 Å². The Balaban J connectivity index is 1.62. The van der Waals surface area contributed by atoms with Crippen LogP contribution in [-0.2, 0) is 19.1 Å². The summed E-state index contributed by atoms with van der Waals surface area (Å²) in [6.45, 7) is 4.24. The van der Waals surface area contributed by atoms with Crippen molar-refractivity contribution in [2.45, 2.75) is 18.9 Å². The Kier molecular flexibility index (Phi) is 6.41. The van der Waals surface area contributed by atoms with Gasteiger partial charge in [0, 0.05) is 33.3 Å². The Morgan fingerprint density at radius 1 is 1.29 bits per heavy atom. The predicted molar refractivity (Wildman–Crippen MR) is 76.9 cm³/mol. The van der Waals surface area contributed by atoms with Gasteiger partial charge in [0.1, 0.15) is 0 Å². The van der Waals surface area contributed by atoms with Gasteiger partial charge >= 0.3 is 0 Å². The third-order valence-corrected chi connectivity index (χ3v) is 3.83. The molecule has 2 amide bonds. The van der Waals surface area contributed by atoms with E-state index in [0.717, 1.165) is 19.4 Å². The Morgan fingerprint density at radius 2 is 2.05 bits per heavy atom. The number of amides is 2. The fourth-order valence-electron chi connectivity index (χ4n) is 2.48. The molecule has 0 aromatic carbocycles. The first kappa shape index (κ1) is 16.2. The Hall–Kier alpha value is -1.18. The topological polar surface area (TPSA) is 71.1 Å². The van der Waals surface area contributed by atoms with Crippen molar-refractivity contribution in [1.29, 1.82) is 0 Å². The highest BCUT2D eigenvalue weighted by atomic mass is 16.5. The summed E-state index contributed by atoms with van der Waals surface area (Å²) in [5, 5.41) is 3.10. The van der Waals surface area contributed by atoms with Crippen LogP contribution >= 0.6 is 0 Å². The number of ether oxygens (including phenoxy) is 2. The van der Waals surface area contributed by atoms with Crippen molar-refractivity contribution in [3.05, 3.63) is 0 Å². The molecule has 1 unspecified atom stereocenters. The van der Waals surface area contributed by atoms with Crippen LogP contribution in [0.15, 0.2) is 0 Å². The summed E-state index contributed by atoms with van der Waals surface area (Å²) < 4.78 is 10.7. The first-order valence-corrected chi connectivity index (χ1v) is 7.58. The third-order valence-electron chi connectivity index (χ3n) is 3.83. The quantitative estimate of drug-likeness (QED) is 0.686. The Bertz CT molecular complexity index is 352. The summed E-state index contributed by atoms with van der Waals surface area (Å²) in [4.78, 5) is 27.2. The third kappa shape index (κ3) is 5.26. The van der Waals surface area contributed by atoms with E-state index in [9.17, 15) is 9.59 Å². The van der Waals surface area contributed by atoms with Crippen LogP contribution in [0, 0.1) is 0 Å². The molecule has 0 saturated carbocycles. The molecule has 21 heavy (non-hydrogen) atoms. The fraction of sp³-hybridized carbons (Fsp3) is 0.857. The molecule has 2 fully saturated rings. The average molecular weight is 299 g/mol. The lowest BCUT2D eigenvalue weighted by Crippen LogP contribution is -2.47. The minimum absolute atomic E-state index is 0.0201. The van der Waals surface area contributed by atoms with Crippen LogP contribution < -0.4 is 5.32 Å². The van der Waals surface area contributed by atoms with Crippen LogP contribution in [0.2, 0.25) is 0 Å². The van der Waals surface area contributed by atoms with E-state index in [-0.39, 0.29) is 31.0 Å². The van der Waals surface area contributed by atoms with Crippen molar-refractivity contribution in [3.8, 4) is 0 Å². The maximum Gasteiger partial charge on any atom is 0.242 e. The molecular weight excluding hydrogens is 274 g/mol. The maximum absolute atomic E-state index is 12.0. The molecule has 2 aliphatic heterocycles. The van der Waals surface area contributed by atoms with Gasteiger partial charge in [0.2, 0.25) is 11.8 Å². The number of hydrogen-bond acceptors (Lipinski definition) is 5. The Morgan fingerprint density at radius 3 is 2.71 bits per heavy atom. The minimum Gasteiger partial charge on any atom is -0.378 e. The van der Waals surface area contributed by atoms with E-state index in [4.69, 9.17) is 9.47 Å². The molecule has 1 atom stereocenters. The van der Waals surface area contributed by atoms with Gasteiger partial charge in [-0.05, 0) is 12.8 Å². The monoisotopic (exact) mass is 299 g/mol. The van der Waals surface area contributed by atoms with Gasteiger partial charge in [-0.25, -0.2) is 0 Å². The molecular formula is C14H25N3O4. The SMILES string of the molecule is CN(CC(=O)N1CCOCC1)C(=O)CNCC1CCCO1. The van der Waals surface area contributed by atoms with Gasteiger partial charge in [-0.1, -0.05) is 0 Å². The van der Waals surface area contributed by atoms with Gasteiger partial charge in [0.25, 0.3) is 0 Å². The lowest BCUT2D eigenvalue weighted by molar-refractivity contribution is -0.141. The maximum atomic E-state index is 12.0. The normalized spacial score (nSPS) is 22.3. The number of carbonyl (C=O) groups is 2. The van der Waals surface area contributed by atoms with E-state index in [1.54, 1.807) is 11.9 Å². The highest BCUT2D eigenvalue weighted by Crippen LogP contribution is 2.10. The lowest BCUT2D eigenvalue weighted by atomic mass is 10.2. The van der Waals surface area contributed by atoms with Crippen molar-refractivity contribution in [1.82, 2.24) is 15.1 Å². The summed E-state index contributed by atoms with van der Waals surface area (Å²) >= 11 is 0. The van der Waals surface area contributed by atoms with E-state index in [1.165, 1.54) is 4.90 Å². The zero-order valence-corrected chi connectivity index (χ0v) is 12.7. The fourth-order valence-corrected chi connectivity index (χ4v) is 2.48. The number of carbonyl (C=O) groups excluding carboxylic acids is 2. The van der Waals surface area contributed by atoms with Crippen LogP contribution in [0.3, 0.4) is 0 Å². The smallest absolute Gasteiger partial charge is 0.242 e. The molecule has 0 aromatic heterocycles. The summed E-state index contributed by atoms with van der Waals surface area (Å²) in [6, 6.07) is 0. The molecule has 7 nitrogen and oxygen atoms in total. The van der Waals surface area contributed by atoms with E-state index in [1.807, 2.05) is 0 Å². The van der Waals surface area contributed by atoms with Crippen LogP contribution in [0.25, 0.3) is 0 Å². The zero-order valence-electron chi connectivity index (χ0n) is 12.7.